The van der Waals surface area contributed by atoms with Crippen molar-refractivity contribution in [3.63, 3.8) is 0 Å². The molecule has 1 aromatic heterocycles. The van der Waals surface area contributed by atoms with Crippen molar-refractivity contribution in [2.75, 3.05) is 5.75 Å². The first-order valence-corrected chi connectivity index (χ1v) is 12.7. The van der Waals surface area contributed by atoms with E-state index in [1.807, 2.05) is 4.57 Å². The molecule has 2 aromatic rings. The average molecular weight is 443 g/mol. The number of hydrogen-bond donors (Lipinski definition) is 1. The number of unbranched alkanes of at least 4 members (excludes halogenated alkanes) is 1. The van der Waals surface area contributed by atoms with Gasteiger partial charge in [0.2, 0.25) is 5.91 Å². The number of hydrogen-bond acceptors (Lipinski definition) is 4. The molecule has 31 heavy (non-hydrogen) atoms. The van der Waals surface area contributed by atoms with Crippen molar-refractivity contribution in [1.29, 1.82) is 0 Å². The third kappa shape index (κ3) is 4.13. The van der Waals surface area contributed by atoms with Crippen LogP contribution in [0, 0.1) is 29.0 Å². The highest BCUT2D eigenvalue weighted by Gasteiger charge is 2.54. The van der Waals surface area contributed by atoms with Crippen molar-refractivity contribution in [2.24, 2.45) is 23.2 Å². The van der Waals surface area contributed by atoms with E-state index in [1.165, 1.54) is 31.4 Å². The average Bonchev–Trinajstić information content (AvgIpc) is 3.14. The van der Waals surface area contributed by atoms with Crippen LogP contribution >= 0.6 is 11.8 Å². The van der Waals surface area contributed by atoms with Crippen molar-refractivity contribution in [3.8, 4) is 5.69 Å². The van der Waals surface area contributed by atoms with Crippen molar-refractivity contribution in [2.45, 2.75) is 70.0 Å². The van der Waals surface area contributed by atoms with Crippen molar-refractivity contribution >= 4 is 17.7 Å². The second-order valence-electron chi connectivity index (χ2n) is 9.79. The first kappa shape index (κ1) is 21.0. The van der Waals surface area contributed by atoms with Crippen LogP contribution in [0.25, 0.3) is 5.69 Å². The summed E-state index contributed by atoms with van der Waals surface area (Å²) < 4.78 is 15.4. The molecule has 0 saturated heterocycles. The zero-order valence-electron chi connectivity index (χ0n) is 18.1. The molecule has 4 fully saturated rings. The number of nitrogens with one attached hydrogen (secondary N) is 1. The lowest BCUT2D eigenvalue weighted by Crippen LogP contribution is -2.53. The maximum Gasteiger partial charge on any atom is 0.226 e. The van der Waals surface area contributed by atoms with E-state index in [-0.39, 0.29) is 17.1 Å². The number of aromatic nitrogens is 3. The van der Waals surface area contributed by atoms with Crippen LogP contribution < -0.4 is 5.32 Å². The van der Waals surface area contributed by atoms with E-state index in [9.17, 15) is 9.18 Å². The lowest BCUT2D eigenvalue weighted by atomic mass is 9.49. The van der Waals surface area contributed by atoms with Gasteiger partial charge in [-0.2, -0.15) is 0 Å². The Morgan fingerprint density at radius 3 is 2.39 bits per heavy atom. The fourth-order valence-electron chi connectivity index (χ4n) is 6.40. The number of thioether (sulfide) groups is 1. The van der Waals surface area contributed by atoms with Crippen molar-refractivity contribution in [3.05, 3.63) is 35.9 Å². The van der Waals surface area contributed by atoms with Gasteiger partial charge in [0.1, 0.15) is 5.82 Å². The highest BCUT2D eigenvalue weighted by Crippen LogP contribution is 2.60. The first-order chi connectivity index (χ1) is 15.1. The summed E-state index contributed by atoms with van der Waals surface area (Å²) in [5.74, 6) is 3.79. The predicted octanol–water partition coefficient (Wildman–Crippen LogP) is 5.13. The Morgan fingerprint density at radius 1 is 1.13 bits per heavy atom. The maximum atomic E-state index is 13.5. The van der Waals surface area contributed by atoms with Crippen LogP contribution in [0.1, 0.15) is 64.1 Å². The number of carbonyl (C=O) groups is 1. The minimum absolute atomic E-state index is 0.172. The van der Waals surface area contributed by atoms with Gasteiger partial charge in [0.25, 0.3) is 0 Å². The van der Waals surface area contributed by atoms with Crippen molar-refractivity contribution in [1.82, 2.24) is 20.1 Å². The summed E-state index contributed by atoms with van der Waals surface area (Å²) in [6.45, 7) is 2.51. The Labute approximate surface area is 187 Å². The summed E-state index contributed by atoms with van der Waals surface area (Å²) in [4.78, 5) is 13.4. The third-order valence-electron chi connectivity index (χ3n) is 7.44. The Kier molecular flexibility index (Phi) is 5.80. The summed E-state index contributed by atoms with van der Waals surface area (Å²) in [7, 11) is 0. The number of benzene rings is 1. The molecule has 0 aliphatic heterocycles. The molecule has 0 atom stereocenters. The summed E-state index contributed by atoms with van der Waals surface area (Å²) >= 11 is 1.66. The standard InChI is InChI=1S/C24H31FN4OS/c1-2-3-8-31-23-28-27-21(29(23)20-6-4-19(25)5-7-20)15-26-22(30)24-12-16-9-17(13-24)11-18(10-16)14-24/h4-7,16-18H,2-3,8-15H2,1H3,(H,26,30). The van der Waals surface area contributed by atoms with E-state index in [0.29, 0.717) is 12.4 Å². The van der Waals surface area contributed by atoms with E-state index in [4.69, 9.17) is 0 Å². The molecule has 1 amide bonds. The fourth-order valence-corrected chi connectivity index (χ4v) is 7.46. The topological polar surface area (TPSA) is 59.8 Å². The molecule has 0 radical (unpaired) electrons. The smallest absolute Gasteiger partial charge is 0.226 e. The molecule has 4 aliphatic carbocycles. The maximum absolute atomic E-state index is 13.5. The van der Waals surface area contributed by atoms with E-state index >= 15 is 0 Å². The second kappa shape index (κ2) is 8.57. The van der Waals surface area contributed by atoms with Crippen LogP contribution in [0.15, 0.2) is 29.4 Å². The summed E-state index contributed by atoms with van der Waals surface area (Å²) in [6.07, 6.45) is 9.33. The van der Waals surface area contributed by atoms with Crippen molar-refractivity contribution < 1.29 is 9.18 Å². The van der Waals surface area contributed by atoms with Gasteiger partial charge in [0, 0.05) is 16.9 Å². The zero-order valence-corrected chi connectivity index (χ0v) is 19.0. The van der Waals surface area contributed by atoms with E-state index < -0.39 is 0 Å². The highest BCUT2D eigenvalue weighted by atomic mass is 32.2. The molecule has 1 aromatic carbocycles. The van der Waals surface area contributed by atoms with Gasteiger partial charge < -0.3 is 5.32 Å². The van der Waals surface area contributed by atoms with E-state index in [2.05, 4.69) is 22.4 Å². The van der Waals surface area contributed by atoms with Crippen LogP contribution in [0.5, 0.6) is 0 Å². The van der Waals surface area contributed by atoms with Gasteiger partial charge in [0.15, 0.2) is 11.0 Å². The molecule has 0 spiro atoms. The number of nitrogens with zero attached hydrogens (tertiary/aromatic N) is 3. The van der Waals surface area contributed by atoms with Gasteiger partial charge in [-0.3, -0.25) is 9.36 Å². The molecule has 0 unspecified atom stereocenters. The molecular weight excluding hydrogens is 411 g/mol. The second-order valence-corrected chi connectivity index (χ2v) is 10.9. The van der Waals surface area contributed by atoms with Gasteiger partial charge in [-0.05, 0) is 87.0 Å². The van der Waals surface area contributed by atoms with Gasteiger partial charge in [-0.25, -0.2) is 4.39 Å². The van der Waals surface area contributed by atoms with E-state index in [1.54, 1.807) is 23.9 Å². The minimum atomic E-state index is -0.270. The molecule has 1 N–H and O–H groups in total. The lowest BCUT2D eigenvalue weighted by molar-refractivity contribution is -0.146. The Hall–Kier alpha value is -1.89. The van der Waals surface area contributed by atoms with Crippen LogP contribution in [-0.2, 0) is 11.3 Å². The molecule has 4 bridgehead atoms. The monoisotopic (exact) mass is 442 g/mol. The normalized spacial score (nSPS) is 28.8. The molecule has 166 valence electrons. The summed E-state index contributed by atoms with van der Waals surface area (Å²) in [5, 5.41) is 12.8. The van der Waals surface area contributed by atoms with Gasteiger partial charge >= 0.3 is 0 Å². The van der Waals surface area contributed by atoms with Crippen LogP contribution in [0.3, 0.4) is 0 Å². The molecule has 4 saturated carbocycles. The van der Waals surface area contributed by atoms with Gasteiger partial charge in [0.05, 0.1) is 6.54 Å². The van der Waals surface area contributed by atoms with Crippen LogP contribution in [0.4, 0.5) is 4.39 Å². The molecular formula is C24H31FN4OS. The fraction of sp³-hybridized carbons (Fsp3) is 0.625. The lowest BCUT2D eigenvalue weighted by Gasteiger charge is -2.55. The molecule has 1 heterocycles. The largest absolute Gasteiger partial charge is 0.348 e. The Balaban J connectivity index is 1.34. The van der Waals surface area contributed by atoms with Crippen LogP contribution in [-0.4, -0.2) is 26.4 Å². The zero-order chi connectivity index (χ0) is 21.4. The van der Waals surface area contributed by atoms with Gasteiger partial charge in [-0.1, -0.05) is 25.1 Å². The minimum Gasteiger partial charge on any atom is -0.348 e. The van der Waals surface area contributed by atoms with Crippen LogP contribution in [0.2, 0.25) is 0 Å². The molecule has 7 heteroatoms. The highest BCUT2D eigenvalue weighted by molar-refractivity contribution is 7.99. The van der Waals surface area contributed by atoms with E-state index in [0.717, 1.165) is 66.5 Å². The predicted molar refractivity (Wildman–Crippen MR) is 119 cm³/mol. The molecule has 4 aliphatic rings. The Morgan fingerprint density at radius 2 is 1.77 bits per heavy atom. The molecule has 5 nitrogen and oxygen atoms in total. The number of carbonyl (C=O) groups excluding carboxylic acids is 1. The molecule has 6 rings (SSSR count). The SMILES string of the molecule is CCCCSc1nnc(CNC(=O)C23CC4CC(CC(C4)C2)C3)n1-c1ccc(F)cc1. The van der Waals surface area contributed by atoms with Gasteiger partial charge in [-0.15, -0.1) is 10.2 Å². The number of rotatable bonds is 8. The number of amides is 1. The summed E-state index contributed by atoms with van der Waals surface area (Å²) in [5.41, 5.74) is 0.651. The quantitative estimate of drug-likeness (QED) is 0.455. The number of halogens is 1. The summed E-state index contributed by atoms with van der Waals surface area (Å²) in [6, 6.07) is 6.39. The Bertz CT molecular complexity index is 906. The third-order valence-corrected chi connectivity index (χ3v) is 8.46. The first-order valence-electron chi connectivity index (χ1n) is 11.7.